The van der Waals surface area contributed by atoms with Gasteiger partial charge in [-0.05, 0) is 25.8 Å². The average molecular weight is 140 g/mol. The third-order valence-electron chi connectivity index (χ3n) is 2.02. The molecule has 0 unspecified atom stereocenters. The van der Waals surface area contributed by atoms with E-state index in [1.54, 1.807) is 0 Å². The summed E-state index contributed by atoms with van der Waals surface area (Å²) in [6, 6.07) is 0. The first-order chi connectivity index (χ1) is 4.51. The highest BCUT2D eigenvalue weighted by Crippen LogP contribution is 2.32. The van der Waals surface area contributed by atoms with Crippen LogP contribution in [0.15, 0.2) is 11.3 Å². The van der Waals surface area contributed by atoms with E-state index in [9.17, 15) is 0 Å². The van der Waals surface area contributed by atoms with Crippen molar-refractivity contribution in [2.24, 2.45) is 5.41 Å². The molecule has 0 spiro atoms. The van der Waals surface area contributed by atoms with E-state index in [1.807, 2.05) is 6.92 Å². The van der Waals surface area contributed by atoms with Gasteiger partial charge in [0.1, 0.15) is 0 Å². The lowest BCUT2D eigenvalue weighted by molar-refractivity contribution is 0.0909. The van der Waals surface area contributed by atoms with Gasteiger partial charge in [0, 0.05) is 5.41 Å². The van der Waals surface area contributed by atoms with Gasteiger partial charge >= 0.3 is 0 Å². The summed E-state index contributed by atoms with van der Waals surface area (Å²) in [5.74, 6) is 1.12. The van der Waals surface area contributed by atoms with Crippen molar-refractivity contribution in [1.29, 1.82) is 0 Å². The van der Waals surface area contributed by atoms with Crippen LogP contribution in [0.4, 0.5) is 0 Å². The summed E-state index contributed by atoms with van der Waals surface area (Å²) in [7, 11) is 0. The molecule has 0 saturated heterocycles. The first-order valence-electron chi connectivity index (χ1n) is 3.80. The van der Waals surface area contributed by atoms with Gasteiger partial charge in [0.15, 0.2) is 0 Å². The molecule has 1 rings (SSSR count). The predicted molar refractivity (Wildman–Crippen MR) is 42.7 cm³/mol. The summed E-state index contributed by atoms with van der Waals surface area (Å²) >= 11 is 0. The van der Waals surface area contributed by atoms with Gasteiger partial charge in [-0.2, -0.15) is 0 Å². The van der Waals surface area contributed by atoms with Crippen LogP contribution < -0.4 is 0 Å². The van der Waals surface area contributed by atoms with Crippen LogP contribution in [0.1, 0.15) is 34.1 Å². The molecule has 10 heavy (non-hydrogen) atoms. The van der Waals surface area contributed by atoms with Crippen molar-refractivity contribution in [3.8, 4) is 0 Å². The van der Waals surface area contributed by atoms with Gasteiger partial charge in [-0.25, -0.2) is 0 Å². The largest absolute Gasteiger partial charge is 0.498 e. The first kappa shape index (κ1) is 7.64. The molecule has 0 fully saturated rings. The van der Waals surface area contributed by atoms with Crippen molar-refractivity contribution in [2.75, 3.05) is 6.61 Å². The summed E-state index contributed by atoms with van der Waals surface area (Å²) in [6.07, 6.45) is 1.18. The Bertz CT molecular complexity index is 166. The van der Waals surface area contributed by atoms with Gasteiger partial charge in [-0.15, -0.1) is 0 Å². The molecule has 0 N–H and O–H groups in total. The quantitative estimate of drug-likeness (QED) is 0.502. The zero-order valence-corrected chi connectivity index (χ0v) is 7.32. The highest BCUT2D eigenvalue weighted by atomic mass is 16.5. The van der Waals surface area contributed by atoms with Crippen molar-refractivity contribution < 1.29 is 4.74 Å². The molecule has 0 aliphatic carbocycles. The molecule has 0 saturated carbocycles. The SMILES string of the molecule is CC1=C(C)OCC(C)(C)C1. The third-order valence-corrected chi connectivity index (χ3v) is 2.02. The summed E-state index contributed by atoms with van der Waals surface area (Å²) in [5.41, 5.74) is 1.75. The lowest BCUT2D eigenvalue weighted by Crippen LogP contribution is -2.23. The minimum absolute atomic E-state index is 0.351. The molecule has 58 valence electrons. The maximum absolute atomic E-state index is 5.48. The van der Waals surface area contributed by atoms with Crippen molar-refractivity contribution in [3.63, 3.8) is 0 Å². The number of ether oxygens (including phenoxy) is 1. The highest BCUT2D eigenvalue weighted by Gasteiger charge is 2.24. The molecule has 1 heterocycles. The van der Waals surface area contributed by atoms with Crippen LogP contribution in [0.5, 0.6) is 0 Å². The monoisotopic (exact) mass is 140 g/mol. The second-order valence-corrected chi connectivity index (χ2v) is 3.97. The van der Waals surface area contributed by atoms with Crippen LogP contribution in [0.2, 0.25) is 0 Å². The molecule has 0 aromatic rings. The van der Waals surface area contributed by atoms with Crippen molar-refractivity contribution in [1.82, 2.24) is 0 Å². The molecule has 1 nitrogen and oxygen atoms in total. The standard InChI is InChI=1S/C9H16O/c1-7-5-9(3,4)6-10-8(7)2/h5-6H2,1-4H3. The fraction of sp³-hybridized carbons (Fsp3) is 0.778. The molecular formula is C9H16O. The molecular weight excluding hydrogens is 124 g/mol. The second-order valence-electron chi connectivity index (χ2n) is 3.97. The summed E-state index contributed by atoms with van der Waals surface area (Å²) in [6.45, 7) is 9.54. The Kier molecular flexibility index (Phi) is 1.76. The number of allylic oxidation sites excluding steroid dienone is 2. The molecule has 0 aromatic carbocycles. The Morgan fingerprint density at radius 2 is 1.90 bits per heavy atom. The Morgan fingerprint density at radius 3 is 2.30 bits per heavy atom. The third kappa shape index (κ3) is 1.53. The maximum atomic E-state index is 5.48. The topological polar surface area (TPSA) is 9.23 Å². The molecule has 0 amide bonds. The fourth-order valence-corrected chi connectivity index (χ4v) is 1.32. The highest BCUT2D eigenvalue weighted by molar-refractivity contribution is 5.09. The van der Waals surface area contributed by atoms with Crippen LogP contribution in [0, 0.1) is 5.41 Å². The van der Waals surface area contributed by atoms with Crippen molar-refractivity contribution in [3.05, 3.63) is 11.3 Å². The van der Waals surface area contributed by atoms with Gasteiger partial charge in [0.05, 0.1) is 12.4 Å². The van der Waals surface area contributed by atoms with E-state index in [2.05, 4.69) is 20.8 Å². The van der Waals surface area contributed by atoms with Gasteiger partial charge in [0.25, 0.3) is 0 Å². The minimum atomic E-state index is 0.351. The molecule has 0 atom stereocenters. The first-order valence-corrected chi connectivity index (χ1v) is 3.80. The Hall–Kier alpha value is -0.460. The maximum Gasteiger partial charge on any atom is 0.0931 e. The van der Waals surface area contributed by atoms with E-state index in [-0.39, 0.29) is 0 Å². The van der Waals surface area contributed by atoms with Crippen molar-refractivity contribution in [2.45, 2.75) is 34.1 Å². The zero-order valence-electron chi connectivity index (χ0n) is 7.32. The average Bonchev–Trinajstić information content (AvgIpc) is 1.79. The number of hydrogen-bond donors (Lipinski definition) is 0. The van der Waals surface area contributed by atoms with Crippen LogP contribution in [0.3, 0.4) is 0 Å². The van der Waals surface area contributed by atoms with E-state index in [1.165, 1.54) is 12.0 Å². The Morgan fingerprint density at radius 1 is 1.30 bits per heavy atom. The normalized spacial score (nSPS) is 24.4. The van der Waals surface area contributed by atoms with Gasteiger partial charge < -0.3 is 4.74 Å². The van der Waals surface area contributed by atoms with E-state index in [4.69, 9.17) is 4.74 Å². The summed E-state index contributed by atoms with van der Waals surface area (Å²) in [4.78, 5) is 0. The zero-order chi connectivity index (χ0) is 7.78. The van der Waals surface area contributed by atoms with Crippen LogP contribution in [-0.2, 0) is 4.74 Å². The van der Waals surface area contributed by atoms with Gasteiger partial charge in [0.2, 0.25) is 0 Å². The van der Waals surface area contributed by atoms with E-state index >= 15 is 0 Å². The van der Waals surface area contributed by atoms with E-state index in [0.717, 1.165) is 12.4 Å². The molecule has 0 bridgehead atoms. The van der Waals surface area contributed by atoms with Gasteiger partial charge in [-0.1, -0.05) is 13.8 Å². The van der Waals surface area contributed by atoms with Gasteiger partial charge in [-0.3, -0.25) is 0 Å². The van der Waals surface area contributed by atoms with Crippen LogP contribution >= 0.6 is 0 Å². The smallest absolute Gasteiger partial charge is 0.0931 e. The second kappa shape index (κ2) is 2.30. The van der Waals surface area contributed by atoms with Crippen LogP contribution in [-0.4, -0.2) is 6.61 Å². The summed E-state index contributed by atoms with van der Waals surface area (Å²) < 4.78 is 5.48. The molecule has 1 heteroatoms. The fourth-order valence-electron chi connectivity index (χ4n) is 1.32. The Labute approximate surface area is 63.1 Å². The van der Waals surface area contributed by atoms with E-state index < -0.39 is 0 Å². The molecule has 1 aliphatic heterocycles. The number of hydrogen-bond acceptors (Lipinski definition) is 1. The molecule has 0 aromatic heterocycles. The van der Waals surface area contributed by atoms with Crippen LogP contribution in [0.25, 0.3) is 0 Å². The lowest BCUT2D eigenvalue weighted by atomic mass is 9.85. The Balaban J connectivity index is 2.72. The summed E-state index contributed by atoms with van der Waals surface area (Å²) in [5, 5.41) is 0. The lowest BCUT2D eigenvalue weighted by Gasteiger charge is -2.31. The predicted octanol–water partition coefficient (Wildman–Crippen LogP) is 2.73. The van der Waals surface area contributed by atoms with Crippen molar-refractivity contribution >= 4 is 0 Å². The van der Waals surface area contributed by atoms with E-state index in [0.29, 0.717) is 5.41 Å². The molecule has 0 radical (unpaired) electrons. The minimum Gasteiger partial charge on any atom is -0.498 e. The number of rotatable bonds is 0. The molecule has 1 aliphatic rings.